The van der Waals surface area contributed by atoms with Crippen LogP contribution in [-0.4, -0.2) is 57.6 Å². The summed E-state index contributed by atoms with van der Waals surface area (Å²) in [7, 11) is -0.587. The molecule has 1 aromatic carbocycles. The van der Waals surface area contributed by atoms with Crippen LogP contribution in [0.25, 0.3) is 0 Å². The minimum atomic E-state index is -0.935. The summed E-state index contributed by atoms with van der Waals surface area (Å²) in [6.07, 6.45) is 11.7. The van der Waals surface area contributed by atoms with Crippen molar-refractivity contribution in [3.63, 3.8) is 0 Å². The van der Waals surface area contributed by atoms with E-state index in [4.69, 9.17) is 13.7 Å². The van der Waals surface area contributed by atoms with Crippen molar-refractivity contribution in [3.8, 4) is 0 Å². The van der Waals surface area contributed by atoms with Crippen molar-refractivity contribution in [2.45, 2.75) is 83.0 Å². The number of hydrogen-bond donors (Lipinski definition) is 2. The van der Waals surface area contributed by atoms with Gasteiger partial charge in [-0.15, -0.1) is 0 Å². The molecule has 6 atom stereocenters. The largest absolute Gasteiger partial charge is 0.481 e. The Kier molecular flexibility index (Phi) is 7.89. The van der Waals surface area contributed by atoms with E-state index in [1.165, 1.54) is 36.7 Å². The molecule has 2 N–H and O–H groups in total. The molecule has 3 saturated carbocycles. The van der Waals surface area contributed by atoms with Gasteiger partial charge in [-0.3, -0.25) is 14.6 Å². The Labute approximate surface area is 246 Å². The van der Waals surface area contributed by atoms with Crippen LogP contribution < -0.4 is 10.6 Å². The Morgan fingerprint density at radius 3 is 2.62 bits per heavy atom. The van der Waals surface area contributed by atoms with Gasteiger partial charge in [0.05, 0.1) is 30.0 Å². The second-order valence-corrected chi connectivity index (χ2v) is 12.6. The molecule has 1 aliphatic heterocycles. The summed E-state index contributed by atoms with van der Waals surface area (Å²) in [5.41, 5.74) is 1.17. The first-order valence-electron chi connectivity index (χ1n) is 14.9. The van der Waals surface area contributed by atoms with Gasteiger partial charge in [-0.2, -0.15) is 0 Å². The molecule has 42 heavy (non-hydrogen) atoms. The minimum absolute atomic E-state index is 0.00542. The number of carbonyl (C=O) groups is 2. The molecular weight excluding hydrogens is 533 g/mol. The average Bonchev–Trinajstić information content (AvgIpc) is 3.64. The van der Waals surface area contributed by atoms with Crippen LogP contribution in [0.1, 0.15) is 68.3 Å². The van der Waals surface area contributed by atoms with Gasteiger partial charge < -0.3 is 24.4 Å². The third-order valence-electron chi connectivity index (χ3n) is 9.75. The number of hydrogen-bond acceptors (Lipinski definition) is 8. The number of aryl methyl sites for hydroxylation is 1. The number of rotatable bonds is 11. The van der Waals surface area contributed by atoms with Crippen LogP contribution in [0.15, 0.2) is 65.9 Å². The molecule has 3 heterocycles. The second kappa shape index (κ2) is 11.6. The summed E-state index contributed by atoms with van der Waals surface area (Å²) in [5.74, 6) is 0.239. The lowest BCUT2D eigenvalue weighted by Crippen LogP contribution is -2.65. The van der Waals surface area contributed by atoms with Crippen LogP contribution in [0.3, 0.4) is 0 Å². The van der Waals surface area contributed by atoms with Crippen LogP contribution in [-0.2, 0) is 26.9 Å². The second-order valence-electron chi connectivity index (χ2n) is 12.6. The first-order valence-corrected chi connectivity index (χ1v) is 14.9. The fraction of sp³-hybridized carbons (Fsp3) is 0.516. The van der Waals surface area contributed by atoms with Gasteiger partial charge in [-0.05, 0) is 61.8 Å². The fourth-order valence-electron chi connectivity index (χ4n) is 7.20. The molecule has 4 aliphatic rings. The maximum atomic E-state index is 13.9. The summed E-state index contributed by atoms with van der Waals surface area (Å²) in [5, 5.41) is 6.00. The zero-order chi connectivity index (χ0) is 29.3. The molecule has 3 aromatic rings. The van der Waals surface area contributed by atoms with Gasteiger partial charge in [0.2, 0.25) is 5.91 Å². The molecule has 7 rings (SSSR count). The highest BCUT2D eigenvalue weighted by Gasteiger charge is 2.68. The number of benzene rings is 1. The lowest BCUT2D eigenvalue weighted by molar-refractivity contribution is -0.199. The summed E-state index contributed by atoms with van der Waals surface area (Å²) in [6.45, 7) is 6.84. The summed E-state index contributed by atoms with van der Waals surface area (Å²) >= 11 is 0. The van der Waals surface area contributed by atoms with E-state index in [1.54, 1.807) is 0 Å². The Morgan fingerprint density at radius 1 is 1.07 bits per heavy atom. The molecule has 220 valence electrons. The van der Waals surface area contributed by atoms with Crippen LogP contribution in [0.5, 0.6) is 0 Å². The zero-order valence-electron chi connectivity index (χ0n) is 24.4. The van der Waals surface area contributed by atoms with E-state index >= 15 is 0 Å². The molecule has 0 spiro atoms. The third kappa shape index (κ3) is 5.59. The van der Waals surface area contributed by atoms with E-state index in [1.807, 2.05) is 18.2 Å². The lowest BCUT2D eigenvalue weighted by atomic mass is 9.43. The number of nitrogens with one attached hydrogen (secondary N) is 2. The SMILES string of the molecule is CC1(C)[C@@H]2C[C@H]3OB([C@H](CCCc4ccccc4)NC(=O)C(Cc4cnco4)NC(=O)c4cnccn4)O[C@@]3(C)[C@H]1C2. The first kappa shape index (κ1) is 28.5. The zero-order valence-corrected chi connectivity index (χ0v) is 24.4. The van der Waals surface area contributed by atoms with Crippen LogP contribution >= 0.6 is 0 Å². The predicted molar refractivity (Wildman–Crippen MR) is 155 cm³/mol. The van der Waals surface area contributed by atoms with Gasteiger partial charge in [0.15, 0.2) is 6.39 Å². The van der Waals surface area contributed by atoms with Crippen molar-refractivity contribution in [1.29, 1.82) is 0 Å². The van der Waals surface area contributed by atoms with Gasteiger partial charge >= 0.3 is 7.12 Å². The van der Waals surface area contributed by atoms with Crippen molar-refractivity contribution in [2.75, 3.05) is 0 Å². The van der Waals surface area contributed by atoms with E-state index in [0.29, 0.717) is 24.0 Å². The molecule has 0 radical (unpaired) electrons. The first-order chi connectivity index (χ1) is 20.2. The Bertz CT molecular complexity index is 1370. The van der Waals surface area contributed by atoms with E-state index in [2.05, 4.69) is 58.5 Å². The van der Waals surface area contributed by atoms with Crippen molar-refractivity contribution in [1.82, 2.24) is 25.6 Å². The van der Waals surface area contributed by atoms with E-state index in [0.717, 1.165) is 25.7 Å². The molecule has 2 bridgehead atoms. The molecule has 2 aromatic heterocycles. The highest BCUT2D eigenvalue weighted by atomic mass is 16.7. The average molecular weight is 571 g/mol. The minimum Gasteiger partial charge on any atom is -0.448 e. The van der Waals surface area contributed by atoms with Crippen molar-refractivity contribution in [3.05, 3.63) is 78.5 Å². The Hall–Kier alpha value is -3.57. The molecule has 3 aliphatic carbocycles. The molecule has 1 saturated heterocycles. The number of oxazole rings is 1. The molecule has 1 unspecified atom stereocenters. The highest BCUT2D eigenvalue weighted by molar-refractivity contribution is 6.47. The Balaban J connectivity index is 1.20. The van der Waals surface area contributed by atoms with Crippen molar-refractivity contribution < 1.29 is 23.3 Å². The van der Waals surface area contributed by atoms with Gasteiger partial charge in [0, 0.05) is 18.8 Å². The molecule has 2 amide bonds. The Morgan fingerprint density at radius 2 is 1.90 bits per heavy atom. The van der Waals surface area contributed by atoms with Crippen LogP contribution in [0.4, 0.5) is 0 Å². The topological polar surface area (TPSA) is 128 Å². The molecule has 10 nitrogen and oxygen atoms in total. The van der Waals surface area contributed by atoms with E-state index in [-0.39, 0.29) is 29.5 Å². The van der Waals surface area contributed by atoms with Crippen molar-refractivity contribution in [2.24, 2.45) is 17.3 Å². The van der Waals surface area contributed by atoms with E-state index in [9.17, 15) is 9.59 Å². The fourth-order valence-corrected chi connectivity index (χ4v) is 7.20. The van der Waals surface area contributed by atoms with Crippen LogP contribution in [0, 0.1) is 17.3 Å². The number of nitrogens with zero attached hydrogens (tertiary/aromatic N) is 3. The standard InChI is InChI=1S/C31H38BN5O5/c1-30(2)21-14-25(30)31(3)26(15-21)41-32(42-31)27(11-7-10-20-8-5-4-6-9-20)37-28(38)23(16-22-17-34-19-40-22)36-29(39)24-18-33-12-13-35-24/h4-6,8-9,12-13,17-19,21,23,25-27H,7,10-11,14-16H2,1-3H3,(H,36,39)(H,37,38)/t21-,23?,25-,26+,27-,31-/m0/s1. The summed E-state index contributed by atoms with van der Waals surface area (Å²) < 4.78 is 18.8. The van der Waals surface area contributed by atoms with Gasteiger partial charge in [-0.1, -0.05) is 44.2 Å². The van der Waals surface area contributed by atoms with E-state index < -0.39 is 30.6 Å². The highest BCUT2D eigenvalue weighted by Crippen LogP contribution is 2.65. The summed E-state index contributed by atoms with van der Waals surface area (Å²) in [4.78, 5) is 38.9. The third-order valence-corrected chi connectivity index (χ3v) is 9.75. The van der Waals surface area contributed by atoms with Gasteiger partial charge in [0.25, 0.3) is 5.91 Å². The molecular formula is C31H38BN5O5. The smallest absolute Gasteiger partial charge is 0.448 e. The quantitative estimate of drug-likeness (QED) is 0.335. The van der Waals surface area contributed by atoms with Crippen molar-refractivity contribution >= 4 is 18.9 Å². The summed E-state index contributed by atoms with van der Waals surface area (Å²) in [6, 6.07) is 9.35. The monoisotopic (exact) mass is 571 g/mol. The van der Waals surface area contributed by atoms with Crippen LogP contribution in [0.2, 0.25) is 0 Å². The predicted octanol–water partition coefficient (Wildman–Crippen LogP) is 3.58. The normalized spacial score (nSPS) is 26.9. The number of aromatic nitrogens is 3. The van der Waals surface area contributed by atoms with Gasteiger partial charge in [0.1, 0.15) is 17.5 Å². The number of carbonyl (C=O) groups excluding carboxylic acids is 2. The van der Waals surface area contributed by atoms with Gasteiger partial charge in [-0.25, -0.2) is 9.97 Å². The lowest BCUT2D eigenvalue weighted by Gasteiger charge is -2.64. The molecule has 4 fully saturated rings. The molecule has 11 heteroatoms. The maximum Gasteiger partial charge on any atom is 0.481 e. The maximum absolute atomic E-state index is 13.9. The number of amides is 2.